The zero-order chi connectivity index (χ0) is 20.2. The van der Waals surface area contributed by atoms with Crippen LogP contribution < -0.4 is 9.80 Å². The molecule has 29 heavy (non-hydrogen) atoms. The Morgan fingerprint density at radius 3 is 2.34 bits per heavy atom. The number of hydrogen-bond donors (Lipinski definition) is 0. The molecule has 0 N–H and O–H groups in total. The van der Waals surface area contributed by atoms with Crippen LogP contribution in [0.3, 0.4) is 0 Å². The van der Waals surface area contributed by atoms with Gasteiger partial charge in [0.1, 0.15) is 5.82 Å². The number of carbonyl (C=O) groups excluding carboxylic acids is 1. The lowest BCUT2D eigenvalue weighted by atomic mass is 10.2. The molecule has 0 spiro atoms. The minimum absolute atomic E-state index is 0.0556. The number of halogens is 1. The van der Waals surface area contributed by atoms with Crippen molar-refractivity contribution in [3.63, 3.8) is 0 Å². The summed E-state index contributed by atoms with van der Waals surface area (Å²) in [4.78, 5) is 25.8. The zero-order valence-corrected chi connectivity index (χ0v) is 16.9. The second-order valence-electron chi connectivity index (χ2n) is 7.58. The van der Waals surface area contributed by atoms with Gasteiger partial charge in [-0.15, -0.1) is 0 Å². The molecule has 0 bridgehead atoms. The summed E-state index contributed by atoms with van der Waals surface area (Å²) in [6, 6.07) is 8.85. The number of hydrogen-bond acceptors (Lipinski definition) is 5. The van der Waals surface area contributed by atoms with Crippen LogP contribution in [0.5, 0.6) is 0 Å². The fraction of sp³-hybridized carbons (Fsp3) is 0.455. The monoisotopic (exact) mass is 397 g/mol. The normalized spacial score (nSPS) is 18.2. The molecule has 2 fully saturated rings. The highest BCUT2D eigenvalue weighted by Crippen LogP contribution is 2.23. The first-order valence-electron chi connectivity index (χ1n) is 10.4. The summed E-state index contributed by atoms with van der Waals surface area (Å²) >= 11 is 0. The summed E-state index contributed by atoms with van der Waals surface area (Å²) < 4.78 is 14.0. The molecule has 1 aromatic heterocycles. The van der Waals surface area contributed by atoms with Gasteiger partial charge in [0.25, 0.3) is 5.91 Å². The minimum Gasteiger partial charge on any atom is -0.367 e. The quantitative estimate of drug-likeness (QED) is 0.792. The van der Waals surface area contributed by atoms with Crippen molar-refractivity contribution in [1.82, 2.24) is 14.8 Å². The average molecular weight is 397 g/mol. The second-order valence-corrected chi connectivity index (χ2v) is 7.58. The number of likely N-dealkylation sites (N-methyl/N-ethyl adjacent to an activating group) is 1. The van der Waals surface area contributed by atoms with Gasteiger partial charge in [0.05, 0.1) is 23.1 Å². The minimum atomic E-state index is -0.182. The van der Waals surface area contributed by atoms with Crippen molar-refractivity contribution in [1.29, 1.82) is 0 Å². The molecule has 1 aromatic carbocycles. The fourth-order valence-corrected chi connectivity index (χ4v) is 4.08. The van der Waals surface area contributed by atoms with Crippen molar-refractivity contribution >= 4 is 17.3 Å². The van der Waals surface area contributed by atoms with Gasteiger partial charge in [0, 0.05) is 58.6 Å². The van der Waals surface area contributed by atoms with Gasteiger partial charge >= 0.3 is 0 Å². The molecule has 0 unspecified atom stereocenters. The first kappa shape index (κ1) is 19.6. The molecule has 4 rings (SSSR count). The number of nitrogens with zero attached hydrogens (tertiary/aromatic N) is 5. The molecule has 3 heterocycles. The predicted octanol–water partition coefficient (Wildman–Crippen LogP) is 2.33. The fourth-order valence-electron chi connectivity index (χ4n) is 4.08. The third kappa shape index (κ3) is 4.34. The van der Waals surface area contributed by atoms with Crippen molar-refractivity contribution in [2.75, 3.05) is 68.7 Å². The third-order valence-corrected chi connectivity index (χ3v) is 5.92. The SMILES string of the molecule is CCN1CCN(C(=O)c2cncc(N3CCN(c4ccccc4F)CC3)c2)CC1. The van der Waals surface area contributed by atoms with Gasteiger partial charge in [-0.1, -0.05) is 19.1 Å². The summed E-state index contributed by atoms with van der Waals surface area (Å²) in [5.74, 6) is -0.126. The van der Waals surface area contributed by atoms with Crippen LogP contribution in [0, 0.1) is 5.82 Å². The van der Waals surface area contributed by atoms with E-state index in [1.54, 1.807) is 12.3 Å². The number of benzene rings is 1. The van der Waals surface area contributed by atoms with Gasteiger partial charge in [-0.2, -0.15) is 0 Å². The first-order chi connectivity index (χ1) is 14.2. The van der Waals surface area contributed by atoms with E-state index in [9.17, 15) is 9.18 Å². The molecular formula is C22H28FN5O. The summed E-state index contributed by atoms with van der Waals surface area (Å²) in [5.41, 5.74) is 2.25. The highest BCUT2D eigenvalue weighted by molar-refractivity contribution is 5.94. The van der Waals surface area contributed by atoms with Crippen LogP contribution in [0.15, 0.2) is 42.7 Å². The van der Waals surface area contributed by atoms with Gasteiger partial charge in [-0.25, -0.2) is 4.39 Å². The number of amides is 1. The van der Waals surface area contributed by atoms with Crippen molar-refractivity contribution in [2.45, 2.75) is 6.92 Å². The van der Waals surface area contributed by atoms with E-state index in [0.29, 0.717) is 11.3 Å². The lowest BCUT2D eigenvalue weighted by Crippen LogP contribution is -2.48. The molecule has 2 aliphatic rings. The molecule has 0 saturated carbocycles. The number of pyridine rings is 1. The average Bonchev–Trinajstić information content (AvgIpc) is 2.79. The summed E-state index contributed by atoms with van der Waals surface area (Å²) in [7, 11) is 0. The number of carbonyl (C=O) groups is 1. The van der Waals surface area contributed by atoms with E-state index in [0.717, 1.165) is 64.6 Å². The van der Waals surface area contributed by atoms with Crippen LogP contribution >= 0.6 is 0 Å². The smallest absolute Gasteiger partial charge is 0.255 e. The zero-order valence-electron chi connectivity index (χ0n) is 16.9. The van der Waals surface area contributed by atoms with Crippen molar-refractivity contribution in [3.8, 4) is 0 Å². The van der Waals surface area contributed by atoms with Crippen molar-refractivity contribution < 1.29 is 9.18 Å². The highest BCUT2D eigenvalue weighted by Gasteiger charge is 2.24. The molecule has 1 amide bonds. The first-order valence-corrected chi connectivity index (χ1v) is 10.4. The third-order valence-electron chi connectivity index (χ3n) is 5.92. The number of para-hydroxylation sites is 1. The molecule has 154 valence electrons. The largest absolute Gasteiger partial charge is 0.367 e. The number of anilines is 2. The Labute approximate surface area is 171 Å². The maximum Gasteiger partial charge on any atom is 0.255 e. The Morgan fingerprint density at radius 1 is 0.966 bits per heavy atom. The van der Waals surface area contributed by atoms with Crippen LogP contribution in [0.25, 0.3) is 0 Å². The predicted molar refractivity (Wildman–Crippen MR) is 113 cm³/mol. The van der Waals surface area contributed by atoms with Crippen LogP contribution in [0.1, 0.15) is 17.3 Å². The number of piperazine rings is 2. The van der Waals surface area contributed by atoms with Gasteiger partial charge < -0.3 is 19.6 Å². The molecule has 0 radical (unpaired) electrons. The Kier molecular flexibility index (Phi) is 5.94. The lowest BCUT2D eigenvalue weighted by Gasteiger charge is -2.37. The van der Waals surface area contributed by atoms with E-state index in [1.807, 2.05) is 29.3 Å². The molecule has 6 nitrogen and oxygen atoms in total. The Bertz CT molecular complexity index is 845. The Hall–Kier alpha value is -2.67. The van der Waals surface area contributed by atoms with E-state index in [4.69, 9.17) is 0 Å². The van der Waals surface area contributed by atoms with E-state index in [-0.39, 0.29) is 11.7 Å². The van der Waals surface area contributed by atoms with Gasteiger partial charge in [-0.3, -0.25) is 9.78 Å². The second kappa shape index (κ2) is 8.78. The molecular weight excluding hydrogens is 369 g/mol. The van der Waals surface area contributed by atoms with Crippen LogP contribution in [0.4, 0.5) is 15.8 Å². The summed E-state index contributed by atoms with van der Waals surface area (Å²) in [6.07, 6.45) is 3.47. The highest BCUT2D eigenvalue weighted by atomic mass is 19.1. The van der Waals surface area contributed by atoms with Gasteiger partial charge in [0.15, 0.2) is 0 Å². The van der Waals surface area contributed by atoms with E-state index >= 15 is 0 Å². The Balaban J connectivity index is 1.39. The van der Waals surface area contributed by atoms with Crippen LogP contribution in [-0.2, 0) is 0 Å². The topological polar surface area (TPSA) is 42.9 Å². The standard InChI is InChI=1S/C22H28FN5O/c1-2-25-7-9-28(10-8-25)22(29)18-15-19(17-24-16-18)26-11-13-27(14-12-26)21-6-4-3-5-20(21)23/h3-6,15-17H,2,7-14H2,1H3. The summed E-state index contributed by atoms with van der Waals surface area (Å²) in [5, 5.41) is 0. The summed E-state index contributed by atoms with van der Waals surface area (Å²) in [6.45, 7) is 9.55. The lowest BCUT2D eigenvalue weighted by molar-refractivity contribution is 0.0643. The van der Waals surface area contributed by atoms with Gasteiger partial charge in [-0.05, 0) is 24.7 Å². The van der Waals surface area contributed by atoms with Crippen molar-refractivity contribution in [3.05, 3.63) is 54.1 Å². The molecule has 7 heteroatoms. The van der Waals surface area contributed by atoms with Gasteiger partial charge in [0.2, 0.25) is 0 Å². The number of aromatic nitrogens is 1. The van der Waals surface area contributed by atoms with Crippen LogP contribution in [0.2, 0.25) is 0 Å². The molecule has 0 aliphatic carbocycles. The van der Waals surface area contributed by atoms with E-state index in [2.05, 4.69) is 26.6 Å². The molecule has 0 atom stereocenters. The van der Waals surface area contributed by atoms with E-state index < -0.39 is 0 Å². The maximum atomic E-state index is 14.0. The van der Waals surface area contributed by atoms with Crippen LogP contribution in [-0.4, -0.2) is 79.6 Å². The van der Waals surface area contributed by atoms with E-state index in [1.165, 1.54) is 6.07 Å². The molecule has 2 aromatic rings. The Morgan fingerprint density at radius 2 is 1.66 bits per heavy atom. The maximum absolute atomic E-state index is 14.0. The molecule has 2 saturated heterocycles. The molecule has 2 aliphatic heterocycles. The van der Waals surface area contributed by atoms with Crippen molar-refractivity contribution in [2.24, 2.45) is 0 Å². The number of rotatable bonds is 4.